The van der Waals surface area contributed by atoms with E-state index in [1.807, 2.05) is 12.1 Å². The van der Waals surface area contributed by atoms with Gasteiger partial charge in [0.25, 0.3) is 5.91 Å². The van der Waals surface area contributed by atoms with Gasteiger partial charge in [0.2, 0.25) is 4.34 Å². The minimum atomic E-state index is -1.30. The van der Waals surface area contributed by atoms with Crippen LogP contribution in [0.15, 0.2) is 80.5 Å². The molecule has 2 N–H and O–H groups in total. The standard InChI is InChI=1S/C23H18N4O3S3/c28-20(25-24-12-16-7-2-4-11-19(16)21(29)30)14-32-23-27-26-22(33-23)31-13-17-9-5-8-15-6-1-3-10-18(15)17/h1-12H,13-14H2,(H,25,28)(H,29,30). The summed E-state index contributed by atoms with van der Waals surface area (Å²) in [6, 6.07) is 20.9. The number of carboxylic acids is 1. The van der Waals surface area contributed by atoms with Gasteiger partial charge in [-0.05, 0) is 39.4 Å². The van der Waals surface area contributed by atoms with Crippen molar-refractivity contribution >= 4 is 63.7 Å². The summed E-state index contributed by atoms with van der Waals surface area (Å²) >= 11 is 4.46. The Hall–Kier alpha value is -3.21. The Kier molecular flexibility index (Phi) is 7.71. The van der Waals surface area contributed by atoms with Gasteiger partial charge in [0.05, 0.1) is 17.9 Å². The predicted molar refractivity (Wildman–Crippen MR) is 129 cm³/mol. The molecule has 0 aliphatic rings. The molecule has 0 spiro atoms. The number of aromatic nitrogens is 2. The van der Waals surface area contributed by atoms with Crippen LogP contribution in [0.25, 0.3) is 10.8 Å². The molecule has 0 bridgehead atoms. The maximum atomic E-state index is 12.1. The van der Waals surface area contributed by atoms with Gasteiger partial charge in [-0.3, -0.25) is 4.79 Å². The number of nitrogens with zero attached hydrogens (tertiary/aromatic N) is 2. The van der Waals surface area contributed by atoms with Crippen LogP contribution in [0.3, 0.4) is 0 Å². The highest BCUT2D eigenvalue weighted by molar-refractivity contribution is 8.03. The zero-order chi connectivity index (χ0) is 23.0. The van der Waals surface area contributed by atoms with Crippen LogP contribution in [-0.4, -0.2) is 28.9 Å². The van der Waals surface area contributed by atoms with Crippen LogP contribution in [-0.2, 0) is 10.5 Å². The Morgan fingerprint density at radius 2 is 1.85 bits per heavy atom. The van der Waals surface area contributed by atoms with Crippen molar-refractivity contribution in [2.24, 2.45) is 5.10 Å². The zero-order valence-corrected chi connectivity index (χ0v) is 19.6. The summed E-state index contributed by atoms with van der Waals surface area (Å²) in [5.74, 6) is -0.670. The average Bonchev–Trinajstić information content (AvgIpc) is 3.29. The van der Waals surface area contributed by atoms with E-state index in [4.69, 9.17) is 0 Å². The van der Waals surface area contributed by atoms with Crippen molar-refractivity contribution in [2.45, 2.75) is 14.4 Å². The topological polar surface area (TPSA) is 109 Å². The molecule has 4 aromatic rings. The predicted octanol–water partition coefficient (Wildman–Crippen LogP) is 3.01. The fourth-order valence-corrected chi connectivity index (χ4v) is 5.92. The number of H-pyrrole nitrogens is 1. The number of hydrogen-bond acceptors (Lipinski definition) is 8. The lowest BCUT2D eigenvalue weighted by molar-refractivity contribution is -0.492. The van der Waals surface area contributed by atoms with E-state index in [9.17, 15) is 14.7 Å². The second-order valence-electron chi connectivity index (χ2n) is 6.76. The van der Waals surface area contributed by atoms with Crippen LogP contribution in [0.5, 0.6) is 0 Å². The third-order valence-electron chi connectivity index (χ3n) is 4.56. The molecule has 0 saturated carbocycles. The normalized spacial score (nSPS) is 11.2. The van der Waals surface area contributed by atoms with Crippen molar-refractivity contribution in [2.75, 3.05) is 5.75 Å². The first-order valence-electron chi connectivity index (χ1n) is 9.83. The van der Waals surface area contributed by atoms with Gasteiger partial charge in [0.15, 0.2) is 0 Å². The van der Waals surface area contributed by atoms with Crippen molar-refractivity contribution in [3.8, 4) is 0 Å². The molecule has 4 rings (SSSR count). The van der Waals surface area contributed by atoms with Gasteiger partial charge in [-0.1, -0.05) is 83.6 Å². The van der Waals surface area contributed by atoms with E-state index in [0.29, 0.717) is 5.56 Å². The number of benzene rings is 3. The van der Waals surface area contributed by atoms with Crippen molar-refractivity contribution < 1.29 is 19.8 Å². The lowest BCUT2D eigenvalue weighted by Gasteiger charge is -2.05. The summed E-state index contributed by atoms with van der Waals surface area (Å²) in [7, 11) is 0. The fraction of sp³-hybridized carbons (Fsp3) is 0.0870. The molecule has 10 heteroatoms. The van der Waals surface area contributed by atoms with E-state index in [1.165, 1.54) is 51.7 Å². The molecule has 0 aliphatic carbocycles. The molecule has 0 unspecified atom stereocenters. The van der Waals surface area contributed by atoms with Crippen LogP contribution >= 0.6 is 34.9 Å². The third-order valence-corrected chi connectivity index (χ3v) is 7.86. The molecule has 7 nitrogen and oxygen atoms in total. The molecule has 0 fully saturated rings. The number of aromatic carboxylic acids is 1. The molecule has 3 aromatic carbocycles. The SMILES string of the molecule is O=C(CSc1n[nH+]c(SCc2cccc3ccccc23)s1)NN=Cc1ccccc1C(=O)[O-]. The number of rotatable bonds is 9. The van der Waals surface area contributed by atoms with Gasteiger partial charge in [-0.15, -0.1) is 0 Å². The van der Waals surface area contributed by atoms with Crippen LogP contribution in [0.2, 0.25) is 0 Å². The quantitative estimate of drug-likeness (QED) is 0.218. The molecule has 1 heterocycles. The summed E-state index contributed by atoms with van der Waals surface area (Å²) < 4.78 is 1.71. The number of hydrazone groups is 1. The summed E-state index contributed by atoms with van der Waals surface area (Å²) in [5.41, 5.74) is 4.02. The van der Waals surface area contributed by atoms with E-state index < -0.39 is 5.97 Å². The number of carbonyl (C=O) groups is 2. The van der Waals surface area contributed by atoms with E-state index in [0.717, 1.165) is 14.4 Å². The first-order chi connectivity index (χ1) is 16.1. The summed E-state index contributed by atoms with van der Waals surface area (Å²) in [4.78, 5) is 23.1. The lowest BCUT2D eigenvalue weighted by Crippen LogP contribution is -2.24. The van der Waals surface area contributed by atoms with Crippen LogP contribution < -0.4 is 15.6 Å². The summed E-state index contributed by atoms with van der Waals surface area (Å²) in [5, 5.41) is 24.7. The summed E-state index contributed by atoms with van der Waals surface area (Å²) in [6.45, 7) is 0. The van der Waals surface area contributed by atoms with E-state index in [1.54, 1.807) is 30.0 Å². The highest BCUT2D eigenvalue weighted by Gasteiger charge is 2.14. The molecule has 33 heavy (non-hydrogen) atoms. The molecule has 0 radical (unpaired) electrons. The molecule has 1 amide bonds. The number of thioether (sulfide) groups is 2. The van der Waals surface area contributed by atoms with Gasteiger partial charge in [0, 0.05) is 22.0 Å². The van der Waals surface area contributed by atoms with Gasteiger partial charge in [-0.25, -0.2) is 5.43 Å². The molecule has 0 atom stereocenters. The maximum absolute atomic E-state index is 12.1. The Morgan fingerprint density at radius 1 is 1.06 bits per heavy atom. The second kappa shape index (κ2) is 11.1. The van der Waals surface area contributed by atoms with Crippen molar-refractivity contribution in [3.05, 3.63) is 83.4 Å². The van der Waals surface area contributed by atoms with Crippen LogP contribution in [0, 0.1) is 0 Å². The van der Waals surface area contributed by atoms with Gasteiger partial charge in [0.1, 0.15) is 0 Å². The third kappa shape index (κ3) is 6.19. The Balaban J connectivity index is 1.27. The number of aromatic amines is 1. The van der Waals surface area contributed by atoms with Crippen LogP contribution in [0.1, 0.15) is 21.5 Å². The first kappa shape index (κ1) is 23.0. The van der Waals surface area contributed by atoms with Crippen molar-refractivity contribution in [3.63, 3.8) is 0 Å². The second-order valence-corrected chi connectivity index (χ2v) is 10.2. The zero-order valence-electron chi connectivity index (χ0n) is 17.2. The molecule has 166 valence electrons. The number of carbonyl (C=O) groups excluding carboxylic acids is 2. The molecule has 1 aromatic heterocycles. The van der Waals surface area contributed by atoms with E-state index in [-0.39, 0.29) is 17.2 Å². The number of nitrogens with one attached hydrogen (secondary N) is 2. The van der Waals surface area contributed by atoms with E-state index in [2.05, 4.69) is 51.1 Å². The number of carboxylic acid groups (broad SMARTS) is 1. The monoisotopic (exact) mass is 494 g/mol. The smallest absolute Gasteiger partial charge is 0.323 e. The Morgan fingerprint density at radius 3 is 2.73 bits per heavy atom. The Bertz CT molecular complexity index is 1320. The van der Waals surface area contributed by atoms with Gasteiger partial charge in [-0.2, -0.15) is 5.10 Å². The first-order valence-corrected chi connectivity index (χ1v) is 12.6. The maximum Gasteiger partial charge on any atom is 0.323 e. The van der Waals surface area contributed by atoms with Crippen molar-refractivity contribution in [1.29, 1.82) is 0 Å². The highest BCUT2D eigenvalue weighted by atomic mass is 32.2. The van der Waals surface area contributed by atoms with Crippen molar-refractivity contribution in [1.82, 2.24) is 10.5 Å². The minimum absolute atomic E-state index is 0.0109. The fourth-order valence-electron chi connectivity index (χ4n) is 3.03. The largest absolute Gasteiger partial charge is 0.545 e. The minimum Gasteiger partial charge on any atom is -0.545 e. The van der Waals surface area contributed by atoms with Gasteiger partial charge < -0.3 is 9.90 Å². The average molecular weight is 495 g/mol. The number of hydrogen-bond donors (Lipinski definition) is 1. The Labute approximate surface area is 202 Å². The van der Waals surface area contributed by atoms with E-state index >= 15 is 0 Å². The molecule has 0 aliphatic heterocycles. The highest BCUT2D eigenvalue weighted by Crippen LogP contribution is 2.30. The number of fused-ring (bicyclic) bond motifs is 1. The molecule has 0 saturated heterocycles. The van der Waals surface area contributed by atoms with Gasteiger partial charge >= 0.3 is 4.34 Å². The molecular formula is C23H18N4O3S3. The van der Waals surface area contributed by atoms with Crippen LogP contribution in [0.4, 0.5) is 0 Å². The number of amides is 1. The summed E-state index contributed by atoms with van der Waals surface area (Å²) in [6.07, 6.45) is 1.28. The lowest BCUT2D eigenvalue weighted by atomic mass is 10.1. The molecular weight excluding hydrogens is 476 g/mol.